The number of hydrogen-bond acceptors (Lipinski definition) is 8. The number of aliphatic hydroxyl groups excluding tert-OH is 1. The zero-order valence-corrected chi connectivity index (χ0v) is 22.4. The first-order chi connectivity index (χ1) is 16.2. The Morgan fingerprint density at radius 1 is 0.794 bits per heavy atom. The predicted octanol–water partition coefficient (Wildman–Crippen LogP) is 4.03. The van der Waals surface area contributed by atoms with Crippen LogP contribution in [0.3, 0.4) is 0 Å². The van der Waals surface area contributed by atoms with Crippen LogP contribution in [0.25, 0.3) is 0 Å². The topological polar surface area (TPSA) is 139 Å². The first kappa shape index (κ1) is 34.9. The molecule has 0 aromatic carbocycles. The fourth-order valence-electron chi connectivity index (χ4n) is 2.99. The highest BCUT2D eigenvalue weighted by atomic mass is 32.2. The van der Waals surface area contributed by atoms with Crippen molar-refractivity contribution in [2.75, 3.05) is 32.9 Å². The normalized spacial score (nSPS) is 11.9. The van der Waals surface area contributed by atoms with Crippen molar-refractivity contribution in [2.24, 2.45) is 0 Å². The van der Waals surface area contributed by atoms with E-state index in [1.54, 1.807) is 0 Å². The van der Waals surface area contributed by atoms with Gasteiger partial charge in [-0.3, -0.25) is 14.1 Å². The fraction of sp³-hybridized carbons (Fsp3) is 0.917. The van der Waals surface area contributed by atoms with Crippen LogP contribution in [-0.2, 0) is 29.2 Å². The van der Waals surface area contributed by atoms with Crippen LogP contribution >= 0.6 is 0 Å². The third-order valence-electron chi connectivity index (χ3n) is 5.02. The van der Waals surface area contributed by atoms with Crippen molar-refractivity contribution in [3.63, 3.8) is 0 Å². The van der Waals surface area contributed by atoms with Gasteiger partial charge in [-0.25, -0.2) is 0 Å². The lowest BCUT2D eigenvalue weighted by Crippen LogP contribution is -2.34. The van der Waals surface area contributed by atoms with Crippen molar-refractivity contribution < 1.29 is 37.1 Å². The van der Waals surface area contributed by atoms with Crippen LogP contribution in [0.4, 0.5) is 0 Å². The largest absolute Gasteiger partial charge is 0.466 e. The minimum Gasteiger partial charge on any atom is -0.466 e. The number of esters is 2. The second-order valence-corrected chi connectivity index (χ2v) is 9.81. The summed E-state index contributed by atoms with van der Waals surface area (Å²) < 4.78 is 42.0. The van der Waals surface area contributed by atoms with E-state index in [0.717, 1.165) is 70.9 Å². The number of aliphatic hydroxyl groups is 1. The third kappa shape index (κ3) is 23.9. The number of rotatable bonds is 21. The Hall–Kier alpha value is -1.23. The molecule has 0 saturated heterocycles. The molecule has 0 rings (SSSR count). The van der Waals surface area contributed by atoms with E-state index in [4.69, 9.17) is 14.6 Å². The Kier molecular flexibility index (Phi) is 25.6. The van der Waals surface area contributed by atoms with Gasteiger partial charge in [-0.05, 0) is 19.4 Å². The molecule has 1 atom stereocenters. The number of unbranched alkanes of at least 4 members (excludes halogenated alkanes) is 10. The second kappa shape index (κ2) is 24.9. The average Bonchev–Trinajstić information content (AvgIpc) is 2.79. The molecule has 0 saturated carbocycles. The highest BCUT2D eigenvalue weighted by molar-refractivity contribution is 7.87. The second-order valence-electron chi connectivity index (χ2n) is 8.21. The zero-order valence-electron chi connectivity index (χ0n) is 21.6. The fourth-order valence-corrected chi connectivity index (χ4v) is 3.65. The standard InChI is InChI=1S/C20H38O7S.C4H11NO/c1-3-5-7-9-11-13-15-26-19(21)17-18(28(23,24)25)20(22)27-16-14-12-10-8-6-4-2;1-2-5-3-4-6/h18H,3-17H2,1-2H3,(H,23,24,25);5-6H,2-4H2,1H3. The van der Waals surface area contributed by atoms with Gasteiger partial charge < -0.3 is 19.9 Å². The molecule has 204 valence electrons. The van der Waals surface area contributed by atoms with E-state index >= 15 is 0 Å². The Bertz CT molecular complexity index is 580. The van der Waals surface area contributed by atoms with Gasteiger partial charge in [0.15, 0.2) is 5.25 Å². The summed E-state index contributed by atoms with van der Waals surface area (Å²) in [5.74, 6) is -1.93. The van der Waals surface area contributed by atoms with Gasteiger partial charge in [-0.15, -0.1) is 0 Å². The molecule has 0 amide bonds. The number of carbonyl (C=O) groups is 2. The molecular formula is C24H49NO8S. The minimum absolute atomic E-state index is 0.0732. The van der Waals surface area contributed by atoms with Crippen LogP contribution in [-0.4, -0.2) is 68.2 Å². The maximum atomic E-state index is 12.0. The van der Waals surface area contributed by atoms with E-state index in [2.05, 4.69) is 19.2 Å². The van der Waals surface area contributed by atoms with E-state index < -0.39 is 33.7 Å². The van der Waals surface area contributed by atoms with Crippen LogP contribution in [0.5, 0.6) is 0 Å². The van der Waals surface area contributed by atoms with Crippen molar-refractivity contribution in [3.8, 4) is 0 Å². The lowest BCUT2D eigenvalue weighted by Gasteiger charge is -2.13. The predicted molar refractivity (Wildman–Crippen MR) is 134 cm³/mol. The van der Waals surface area contributed by atoms with Crippen molar-refractivity contribution >= 4 is 22.1 Å². The third-order valence-corrected chi connectivity index (χ3v) is 6.09. The summed E-state index contributed by atoms with van der Waals surface area (Å²) in [5.41, 5.74) is 0. The quantitative estimate of drug-likeness (QED) is 0.118. The lowest BCUT2D eigenvalue weighted by atomic mass is 10.1. The van der Waals surface area contributed by atoms with Crippen LogP contribution in [0.15, 0.2) is 0 Å². The Balaban J connectivity index is 0. The monoisotopic (exact) mass is 511 g/mol. The molecule has 0 radical (unpaired) electrons. The van der Waals surface area contributed by atoms with Gasteiger partial charge in [-0.1, -0.05) is 85.0 Å². The first-order valence-electron chi connectivity index (χ1n) is 12.8. The van der Waals surface area contributed by atoms with Gasteiger partial charge in [0.05, 0.1) is 26.2 Å². The molecule has 3 N–H and O–H groups in total. The summed E-state index contributed by atoms with van der Waals surface area (Å²) in [5, 5.41) is 9.16. The van der Waals surface area contributed by atoms with Gasteiger partial charge in [0, 0.05) is 6.54 Å². The highest BCUT2D eigenvalue weighted by Crippen LogP contribution is 2.11. The van der Waals surface area contributed by atoms with Crippen molar-refractivity contribution in [3.05, 3.63) is 0 Å². The molecule has 0 bridgehead atoms. The lowest BCUT2D eigenvalue weighted by molar-refractivity contribution is -0.150. The van der Waals surface area contributed by atoms with E-state index in [1.807, 2.05) is 6.92 Å². The van der Waals surface area contributed by atoms with E-state index in [-0.39, 0.29) is 19.8 Å². The number of ether oxygens (including phenoxy) is 2. The summed E-state index contributed by atoms with van der Waals surface area (Å²) in [6.45, 7) is 8.42. The smallest absolute Gasteiger partial charge is 0.327 e. The average molecular weight is 512 g/mol. The van der Waals surface area contributed by atoms with Gasteiger partial charge in [0.25, 0.3) is 10.1 Å². The van der Waals surface area contributed by atoms with Crippen LogP contribution in [0, 0.1) is 0 Å². The SMILES string of the molecule is CCCCCCCCOC(=O)CC(C(=O)OCCCCCCCC)S(=O)(=O)O.CCNCCO. The Morgan fingerprint density at radius 3 is 1.68 bits per heavy atom. The summed E-state index contributed by atoms with van der Waals surface area (Å²) in [6.07, 6.45) is 11.3. The molecule has 0 aliphatic carbocycles. The zero-order chi connectivity index (χ0) is 26.1. The van der Waals surface area contributed by atoms with Crippen molar-refractivity contribution in [2.45, 2.75) is 109 Å². The van der Waals surface area contributed by atoms with Gasteiger partial charge in [0.1, 0.15) is 0 Å². The van der Waals surface area contributed by atoms with E-state index in [9.17, 15) is 22.6 Å². The molecule has 0 aromatic heterocycles. The number of likely N-dealkylation sites (N-methyl/N-ethyl adjacent to an activating group) is 1. The maximum absolute atomic E-state index is 12.0. The summed E-state index contributed by atoms with van der Waals surface area (Å²) in [7, 11) is -4.73. The summed E-state index contributed by atoms with van der Waals surface area (Å²) in [6, 6.07) is 0. The molecule has 1 unspecified atom stereocenters. The molecule has 34 heavy (non-hydrogen) atoms. The Morgan fingerprint density at radius 2 is 1.26 bits per heavy atom. The Labute approximate surface area is 207 Å². The first-order valence-corrected chi connectivity index (χ1v) is 14.3. The molecule has 9 nitrogen and oxygen atoms in total. The van der Waals surface area contributed by atoms with Gasteiger partial charge in [0.2, 0.25) is 0 Å². The molecule has 0 heterocycles. The van der Waals surface area contributed by atoms with Gasteiger partial charge >= 0.3 is 11.9 Å². The van der Waals surface area contributed by atoms with Gasteiger partial charge in [-0.2, -0.15) is 8.42 Å². The molecule has 0 aliphatic rings. The molecular weight excluding hydrogens is 462 g/mol. The highest BCUT2D eigenvalue weighted by Gasteiger charge is 2.35. The summed E-state index contributed by atoms with van der Waals surface area (Å²) >= 11 is 0. The molecule has 10 heteroatoms. The van der Waals surface area contributed by atoms with E-state index in [0.29, 0.717) is 12.8 Å². The van der Waals surface area contributed by atoms with E-state index in [1.165, 1.54) is 6.42 Å². The minimum atomic E-state index is -4.73. The van der Waals surface area contributed by atoms with Crippen LogP contribution in [0.2, 0.25) is 0 Å². The number of hydrogen-bond donors (Lipinski definition) is 3. The number of nitrogens with one attached hydrogen (secondary N) is 1. The molecule has 0 fully saturated rings. The van der Waals surface area contributed by atoms with Crippen molar-refractivity contribution in [1.82, 2.24) is 5.32 Å². The van der Waals surface area contributed by atoms with Crippen molar-refractivity contribution in [1.29, 1.82) is 0 Å². The van der Waals surface area contributed by atoms with Crippen LogP contribution < -0.4 is 5.32 Å². The van der Waals surface area contributed by atoms with Crippen LogP contribution in [0.1, 0.15) is 104 Å². The maximum Gasteiger partial charge on any atom is 0.327 e. The molecule has 0 aromatic rings. The molecule has 0 spiro atoms. The number of carbonyl (C=O) groups excluding carboxylic acids is 2. The molecule has 0 aliphatic heterocycles. The summed E-state index contributed by atoms with van der Waals surface area (Å²) in [4.78, 5) is 23.8.